The van der Waals surface area contributed by atoms with Crippen molar-refractivity contribution in [3.05, 3.63) is 0 Å². The van der Waals surface area contributed by atoms with Crippen molar-refractivity contribution in [1.29, 1.82) is 0 Å². The molecule has 0 saturated heterocycles. The molecule has 0 aromatic rings. The van der Waals surface area contributed by atoms with E-state index in [9.17, 15) is 14.3 Å². The van der Waals surface area contributed by atoms with Crippen LogP contribution in [0.4, 0.5) is 0 Å². The van der Waals surface area contributed by atoms with Crippen molar-refractivity contribution in [2.45, 2.75) is 18.9 Å². The van der Waals surface area contributed by atoms with Gasteiger partial charge in [-0.15, -0.1) is 0 Å². The van der Waals surface area contributed by atoms with Crippen LogP contribution < -0.4 is 40.2 Å². The molecular formula is C6H13NNaO4P. The smallest absolute Gasteiger partial charge is 0.802 e. The molecule has 0 amide bonds. The fraction of sp³-hybridized carbons (Fsp3) is 0.833. The van der Waals surface area contributed by atoms with Crippen LogP contribution >= 0.6 is 8.03 Å². The summed E-state index contributed by atoms with van der Waals surface area (Å²) >= 11 is 0. The average molecular weight is 217 g/mol. The Labute approximate surface area is 100 Å². The molecule has 0 aliphatic heterocycles. The summed E-state index contributed by atoms with van der Waals surface area (Å²) in [7, 11) is -1.42. The van der Waals surface area contributed by atoms with E-state index in [4.69, 9.17) is 5.73 Å². The van der Waals surface area contributed by atoms with Gasteiger partial charge in [-0.1, -0.05) is 0 Å². The van der Waals surface area contributed by atoms with Crippen molar-refractivity contribution >= 4 is 14.0 Å². The SMILES string of the molecule is COC(=O)C(N)CCC[PH](=O)[O-].[Na+]. The van der Waals surface area contributed by atoms with Crippen LogP contribution in [0.1, 0.15) is 12.8 Å². The molecule has 5 nitrogen and oxygen atoms in total. The number of esters is 1. The molecule has 0 bridgehead atoms. The van der Waals surface area contributed by atoms with E-state index in [-0.39, 0.29) is 35.7 Å². The Morgan fingerprint density at radius 1 is 1.69 bits per heavy atom. The number of nitrogens with two attached hydrogens (primary N) is 1. The second-order valence-electron chi connectivity index (χ2n) is 2.39. The normalized spacial score (nSPS) is 14.1. The molecule has 0 heterocycles. The van der Waals surface area contributed by atoms with Crippen molar-refractivity contribution < 1.29 is 48.5 Å². The molecule has 0 aromatic heterocycles. The van der Waals surface area contributed by atoms with Crippen LogP contribution in [-0.4, -0.2) is 25.3 Å². The number of hydrogen-bond donors (Lipinski definition) is 1. The first-order valence-electron chi connectivity index (χ1n) is 3.61. The quantitative estimate of drug-likeness (QED) is 0.289. The molecular weight excluding hydrogens is 204 g/mol. The molecule has 13 heavy (non-hydrogen) atoms. The molecule has 2 unspecified atom stereocenters. The van der Waals surface area contributed by atoms with E-state index in [2.05, 4.69) is 4.74 Å². The molecule has 0 radical (unpaired) electrons. The van der Waals surface area contributed by atoms with Gasteiger partial charge in [0.25, 0.3) is 0 Å². The Bertz CT molecular complexity index is 178. The largest absolute Gasteiger partial charge is 1.00 e. The fourth-order valence-electron chi connectivity index (χ4n) is 0.736. The van der Waals surface area contributed by atoms with E-state index in [0.717, 1.165) is 0 Å². The third-order valence-corrected chi connectivity index (χ3v) is 2.16. The average Bonchev–Trinajstić information content (AvgIpc) is 2.02. The van der Waals surface area contributed by atoms with Gasteiger partial charge in [0.15, 0.2) is 0 Å². The Balaban J connectivity index is 0. The second-order valence-corrected chi connectivity index (χ2v) is 3.64. The molecule has 2 N–H and O–H groups in total. The maximum atomic E-state index is 10.7. The second kappa shape index (κ2) is 9.19. The number of hydrogen-bond acceptors (Lipinski definition) is 5. The van der Waals surface area contributed by atoms with Crippen molar-refractivity contribution in [3.63, 3.8) is 0 Å². The maximum Gasteiger partial charge on any atom is 1.00 e. The summed E-state index contributed by atoms with van der Waals surface area (Å²) in [6.45, 7) is 0. The minimum Gasteiger partial charge on any atom is -0.802 e. The summed E-state index contributed by atoms with van der Waals surface area (Å²) in [6, 6.07) is -0.698. The van der Waals surface area contributed by atoms with E-state index in [1.54, 1.807) is 0 Å². The monoisotopic (exact) mass is 217 g/mol. The van der Waals surface area contributed by atoms with Crippen LogP contribution in [0, 0.1) is 0 Å². The molecule has 72 valence electrons. The number of carbonyl (C=O) groups excluding carboxylic acids is 1. The van der Waals surface area contributed by atoms with Crippen LogP contribution in [0.25, 0.3) is 0 Å². The van der Waals surface area contributed by atoms with Gasteiger partial charge in [-0.25, -0.2) is 0 Å². The summed E-state index contributed by atoms with van der Waals surface area (Å²) in [5.41, 5.74) is 5.35. The van der Waals surface area contributed by atoms with Crippen LogP contribution in [-0.2, 0) is 14.1 Å². The zero-order valence-corrected chi connectivity index (χ0v) is 10.9. The van der Waals surface area contributed by atoms with E-state index >= 15 is 0 Å². The summed E-state index contributed by atoms with van der Waals surface area (Å²) in [5, 5.41) is 0. The Morgan fingerprint density at radius 3 is 2.62 bits per heavy atom. The van der Waals surface area contributed by atoms with Crippen molar-refractivity contribution in [3.8, 4) is 0 Å². The van der Waals surface area contributed by atoms with Crippen molar-refractivity contribution in [2.75, 3.05) is 13.3 Å². The van der Waals surface area contributed by atoms with Gasteiger partial charge in [0, 0.05) is 8.03 Å². The number of methoxy groups -OCH3 is 1. The predicted molar refractivity (Wildman–Crippen MR) is 43.1 cm³/mol. The first kappa shape index (κ1) is 16.1. The Morgan fingerprint density at radius 2 is 2.23 bits per heavy atom. The number of carbonyl (C=O) groups is 1. The van der Waals surface area contributed by atoms with Crippen LogP contribution in [0.15, 0.2) is 0 Å². The molecule has 2 atom stereocenters. The Hall–Kier alpha value is 0.620. The zero-order chi connectivity index (χ0) is 9.56. The van der Waals surface area contributed by atoms with Gasteiger partial charge in [0.2, 0.25) is 0 Å². The Kier molecular flexibility index (Phi) is 11.4. The van der Waals surface area contributed by atoms with Crippen LogP contribution in [0.5, 0.6) is 0 Å². The summed E-state index contributed by atoms with van der Waals surface area (Å²) < 4.78 is 14.5. The van der Waals surface area contributed by atoms with Gasteiger partial charge in [0.1, 0.15) is 6.04 Å². The van der Waals surface area contributed by atoms with Crippen molar-refractivity contribution in [2.24, 2.45) is 5.73 Å². The molecule has 0 aliphatic carbocycles. The summed E-state index contributed by atoms with van der Waals surface area (Å²) in [4.78, 5) is 20.8. The third kappa shape index (κ3) is 8.94. The minimum absolute atomic E-state index is 0. The van der Waals surface area contributed by atoms with Gasteiger partial charge in [-0.3, -0.25) is 4.79 Å². The topological polar surface area (TPSA) is 92.5 Å². The van der Waals surface area contributed by atoms with E-state index in [1.807, 2.05) is 0 Å². The summed E-state index contributed by atoms with van der Waals surface area (Å²) in [6.07, 6.45) is 0.873. The molecule has 0 aliphatic rings. The first-order valence-corrected chi connectivity index (χ1v) is 5.13. The molecule has 0 rings (SSSR count). The van der Waals surface area contributed by atoms with Gasteiger partial charge >= 0.3 is 35.5 Å². The fourth-order valence-corrected chi connectivity index (χ4v) is 1.23. The minimum atomic E-state index is -2.67. The third-order valence-electron chi connectivity index (χ3n) is 1.40. The molecule has 0 spiro atoms. The maximum absolute atomic E-state index is 10.7. The van der Waals surface area contributed by atoms with Gasteiger partial charge in [-0.2, -0.15) is 0 Å². The molecule has 0 saturated carbocycles. The molecule has 0 fully saturated rings. The molecule has 0 aromatic carbocycles. The number of ether oxygens (including phenoxy) is 1. The van der Waals surface area contributed by atoms with E-state index in [0.29, 0.717) is 12.8 Å². The van der Waals surface area contributed by atoms with Crippen LogP contribution in [0.2, 0.25) is 0 Å². The predicted octanol–water partition coefficient (Wildman–Crippen LogP) is -3.89. The zero-order valence-electron chi connectivity index (χ0n) is 7.91. The van der Waals surface area contributed by atoms with Gasteiger partial charge in [0.05, 0.1) is 7.11 Å². The van der Waals surface area contributed by atoms with E-state index < -0.39 is 20.0 Å². The number of rotatable bonds is 5. The summed E-state index contributed by atoms with van der Waals surface area (Å²) in [5.74, 6) is -0.499. The van der Waals surface area contributed by atoms with E-state index in [1.165, 1.54) is 7.11 Å². The van der Waals surface area contributed by atoms with Gasteiger partial charge in [-0.05, 0) is 19.0 Å². The standard InChI is InChI=1S/C6H14NO4P.Na/c1-11-6(8)5(7)3-2-4-12(9)10;/h5,12H,2-4,7H2,1H3,(H,9,10);/q;+1/p-1. The van der Waals surface area contributed by atoms with Gasteiger partial charge < -0.3 is 19.9 Å². The van der Waals surface area contributed by atoms with Crippen LogP contribution in [0.3, 0.4) is 0 Å². The van der Waals surface area contributed by atoms with Crippen molar-refractivity contribution in [1.82, 2.24) is 0 Å². The first-order chi connectivity index (χ1) is 5.57. The molecule has 7 heteroatoms.